The molecule has 1 N–H and O–H groups in total. The third kappa shape index (κ3) is 6.03. The summed E-state index contributed by atoms with van der Waals surface area (Å²) in [5, 5.41) is 7.60. The molecule has 0 spiro atoms. The Hall–Kier alpha value is -4.97. The Balaban J connectivity index is 1.15. The number of benzene rings is 1. The first kappa shape index (κ1) is 27.2. The molecule has 0 unspecified atom stereocenters. The Morgan fingerprint density at radius 1 is 1.02 bits per heavy atom. The van der Waals surface area contributed by atoms with E-state index in [1.807, 2.05) is 36.2 Å². The lowest BCUT2D eigenvalue weighted by molar-refractivity contribution is -0.126. The number of amides is 1. The number of piperazine rings is 1. The van der Waals surface area contributed by atoms with Crippen LogP contribution in [0.15, 0.2) is 67.5 Å². The number of pyridine rings is 1. The summed E-state index contributed by atoms with van der Waals surface area (Å²) in [6.45, 7) is 5.37. The molecule has 6 rings (SSSR count). The van der Waals surface area contributed by atoms with Crippen LogP contribution in [-0.2, 0) is 11.2 Å². The molecule has 1 aliphatic heterocycles. The summed E-state index contributed by atoms with van der Waals surface area (Å²) in [7, 11) is 3.95. The summed E-state index contributed by atoms with van der Waals surface area (Å²) in [5.41, 5.74) is 6.63. The van der Waals surface area contributed by atoms with Gasteiger partial charge >= 0.3 is 0 Å². The molecule has 42 heavy (non-hydrogen) atoms. The van der Waals surface area contributed by atoms with Gasteiger partial charge < -0.3 is 20.0 Å². The highest BCUT2D eigenvalue weighted by molar-refractivity contribution is 5.88. The van der Waals surface area contributed by atoms with Gasteiger partial charge in [0.1, 0.15) is 23.7 Å². The van der Waals surface area contributed by atoms with Crippen molar-refractivity contribution in [1.29, 1.82) is 0 Å². The molecule has 0 radical (unpaired) electrons. The van der Waals surface area contributed by atoms with E-state index in [-0.39, 0.29) is 5.91 Å². The van der Waals surface area contributed by atoms with E-state index >= 15 is 0 Å². The highest BCUT2D eigenvalue weighted by atomic mass is 16.2. The summed E-state index contributed by atoms with van der Waals surface area (Å²) in [5.74, 6) is 1.26. The van der Waals surface area contributed by atoms with E-state index in [0.29, 0.717) is 49.0 Å². The van der Waals surface area contributed by atoms with Gasteiger partial charge in [-0.25, -0.2) is 29.4 Å². The van der Waals surface area contributed by atoms with Crippen LogP contribution in [0.3, 0.4) is 0 Å². The molecule has 0 saturated carbocycles. The highest BCUT2D eigenvalue weighted by Crippen LogP contribution is 2.25. The van der Waals surface area contributed by atoms with E-state index in [0.717, 1.165) is 24.3 Å². The minimum Gasteiger partial charge on any atom is -0.338 e. The fourth-order valence-electron chi connectivity index (χ4n) is 4.98. The lowest BCUT2D eigenvalue weighted by Gasteiger charge is -2.34. The zero-order chi connectivity index (χ0) is 29.1. The fraction of sp³-hybridized carbons (Fsp3) is 0.300. The first-order valence-corrected chi connectivity index (χ1v) is 13.9. The van der Waals surface area contributed by atoms with Gasteiger partial charge in [0.25, 0.3) is 0 Å². The predicted octanol–water partition coefficient (Wildman–Crippen LogP) is 2.87. The van der Waals surface area contributed by atoms with E-state index < -0.39 is 0 Å². The molecular weight excluding hydrogens is 530 g/mol. The zero-order valence-electron chi connectivity index (χ0n) is 24.0. The molecule has 5 heterocycles. The number of carbonyl (C=O) groups is 1. The molecule has 12 nitrogen and oxygen atoms in total. The molecule has 1 amide bonds. The van der Waals surface area contributed by atoms with Crippen LogP contribution >= 0.6 is 0 Å². The van der Waals surface area contributed by atoms with Crippen LogP contribution < -0.4 is 10.2 Å². The Labute approximate surface area is 243 Å². The van der Waals surface area contributed by atoms with Gasteiger partial charge in [-0.2, -0.15) is 5.10 Å². The van der Waals surface area contributed by atoms with Crippen LogP contribution in [0.1, 0.15) is 16.7 Å². The van der Waals surface area contributed by atoms with Gasteiger partial charge in [-0.3, -0.25) is 4.79 Å². The largest absolute Gasteiger partial charge is 0.338 e. The molecule has 0 bridgehead atoms. The second-order valence-electron chi connectivity index (χ2n) is 10.6. The van der Waals surface area contributed by atoms with Crippen LogP contribution in [-0.4, -0.2) is 97.1 Å². The summed E-state index contributed by atoms with van der Waals surface area (Å²) >= 11 is 0. The minimum atomic E-state index is 0.0357. The Morgan fingerprint density at radius 2 is 1.88 bits per heavy atom. The van der Waals surface area contributed by atoms with Gasteiger partial charge in [-0.05, 0) is 68.4 Å². The van der Waals surface area contributed by atoms with E-state index in [4.69, 9.17) is 4.98 Å². The van der Waals surface area contributed by atoms with E-state index in [9.17, 15) is 4.79 Å². The van der Waals surface area contributed by atoms with Crippen molar-refractivity contribution in [2.45, 2.75) is 13.3 Å². The van der Waals surface area contributed by atoms with Crippen molar-refractivity contribution in [2.24, 2.45) is 0 Å². The standard InChI is InChI=1S/C30H33N11O/c1-21-15-24(7-6-23(21)16-22-8-10-41-26(17-22)33-20-35-41)36-29-28-25(32-19-34-29)18-31-30(37-28)40-13-11-39(12-14-40)27(42)5-4-9-38(2)3/h4-8,10,15,17-20H,9,11-14,16H2,1-3H3,(H,32,34,36)/b5-4+. The van der Waals surface area contributed by atoms with Crippen LogP contribution in [0.4, 0.5) is 17.5 Å². The molecule has 1 fully saturated rings. The third-order valence-corrected chi connectivity index (χ3v) is 7.31. The maximum atomic E-state index is 12.5. The number of hydrogen-bond donors (Lipinski definition) is 1. The average molecular weight is 564 g/mol. The molecule has 12 heteroatoms. The van der Waals surface area contributed by atoms with E-state index in [1.54, 1.807) is 23.1 Å². The second kappa shape index (κ2) is 11.9. The smallest absolute Gasteiger partial charge is 0.246 e. The first-order chi connectivity index (χ1) is 20.4. The quantitative estimate of drug-likeness (QED) is 0.282. The second-order valence-corrected chi connectivity index (χ2v) is 10.6. The Kier molecular flexibility index (Phi) is 7.69. The monoisotopic (exact) mass is 563 g/mol. The minimum absolute atomic E-state index is 0.0357. The summed E-state index contributed by atoms with van der Waals surface area (Å²) in [4.78, 5) is 41.1. The number of fused-ring (bicyclic) bond motifs is 2. The topological polar surface area (TPSA) is 121 Å². The van der Waals surface area contributed by atoms with Crippen molar-refractivity contribution in [3.05, 3.63) is 84.2 Å². The number of carbonyl (C=O) groups excluding carboxylic acids is 1. The molecule has 214 valence electrons. The maximum Gasteiger partial charge on any atom is 0.246 e. The van der Waals surface area contributed by atoms with Crippen LogP contribution in [0.2, 0.25) is 0 Å². The molecule has 0 aliphatic carbocycles. The zero-order valence-corrected chi connectivity index (χ0v) is 24.0. The average Bonchev–Trinajstić information content (AvgIpc) is 3.46. The van der Waals surface area contributed by atoms with Crippen LogP contribution in [0.25, 0.3) is 16.7 Å². The third-order valence-electron chi connectivity index (χ3n) is 7.31. The number of aromatic nitrogens is 7. The van der Waals surface area contributed by atoms with Gasteiger partial charge in [0.15, 0.2) is 11.5 Å². The van der Waals surface area contributed by atoms with Crippen molar-refractivity contribution in [3.63, 3.8) is 0 Å². The highest BCUT2D eigenvalue weighted by Gasteiger charge is 2.22. The van der Waals surface area contributed by atoms with Gasteiger partial charge in [-0.1, -0.05) is 12.1 Å². The van der Waals surface area contributed by atoms with Crippen molar-refractivity contribution >= 4 is 40.0 Å². The van der Waals surface area contributed by atoms with Crippen molar-refractivity contribution < 1.29 is 4.79 Å². The summed E-state index contributed by atoms with van der Waals surface area (Å²) in [6, 6.07) is 10.4. The SMILES string of the molecule is Cc1cc(Nc2ncnc3cnc(N4CCN(C(=O)/C=C/CN(C)C)CC4)nc23)ccc1Cc1ccn2ncnc2c1. The molecule has 0 atom stereocenters. The lowest BCUT2D eigenvalue weighted by atomic mass is 10.0. The van der Waals surface area contributed by atoms with Crippen molar-refractivity contribution in [3.8, 4) is 0 Å². The first-order valence-electron chi connectivity index (χ1n) is 13.9. The number of aryl methyl sites for hydroxylation is 1. The van der Waals surface area contributed by atoms with E-state index in [1.165, 1.54) is 23.0 Å². The van der Waals surface area contributed by atoms with E-state index in [2.05, 4.69) is 72.5 Å². The summed E-state index contributed by atoms with van der Waals surface area (Å²) in [6.07, 6.45) is 11.1. The van der Waals surface area contributed by atoms with Crippen LogP contribution in [0, 0.1) is 6.92 Å². The fourth-order valence-corrected chi connectivity index (χ4v) is 4.98. The number of nitrogens with zero attached hydrogens (tertiary/aromatic N) is 10. The predicted molar refractivity (Wildman–Crippen MR) is 162 cm³/mol. The normalized spacial score (nSPS) is 14.0. The van der Waals surface area contributed by atoms with Gasteiger partial charge in [0, 0.05) is 50.7 Å². The Bertz CT molecular complexity index is 1760. The lowest BCUT2D eigenvalue weighted by Crippen LogP contribution is -2.48. The number of likely N-dealkylation sites (N-methyl/N-ethyl adjacent to an activating group) is 1. The molecule has 5 aromatic rings. The molecule has 1 aliphatic rings. The number of nitrogens with one attached hydrogen (secondary N) is 1. The molecule has 1 saturated heterocycles. The van der Waals surface area contributed by atoms with Gasteiger partial charge in [0.2, 0.25) is 11.9 Å². The van der Waals surface area contributed by atoms with Crippen molar-refractivity contribution in [1.82, 2.24) is 44.3 Å². The number of hydrogen-bond acceptors (Lipinski definition) is 10. The molecule has 4 aromatic heterocycles. The Morgan fingerprint density at radius 3 is 2.69 bits per heavy atom. The molecule has 1 aromatic carbocycles. The van der Waals surface area contributed by atoms with Gasteiger partial charge in [0.05, 0.1) is 6.20 Å². The molecular formula is C30H33N11O. The number of anilines is 3. The van der Waals surface area contributed by atoms with Gasteiger partial charge in [-0.15, -0.1) is 0 Å². The van der Waals surface area contributed by atoms with Crippen molar-refractivity contribution in [2.75, 3.05) is 57.0 Å². The number of rotatable bonds is 8. The summed E-state index contributed by atoms with van der Waals surface area (Å²) < 4.78 is 1.76. The maximum absolute atomic E-state index is 12.5. The van der Waals surface area contributed by atoms with Crippen LogP contribution in [0.5, 0.6) is 0 Å².